The number of amides is 2. The lowest BCUT2D eigenvalue weighted by Gasteiger charge is -2.24. The van der Waals surface area contributed by atoms with E-state index in [1.165, 1.54) is 14.2 Å². The average Bonchev–Trinajstić information content (AvgIpc) is 2.52. The zero-order chi connectivity index (χ0) is 22.1. The number of nitrogens with one attached hydrogen (secondary N) is 2. The van der Waals surface area contributed by atoms with Crippen molar-refractivity contribution in [3.8, 4) is 0 Å². The van der Waals surface area contributed by atoms with Crippen LogP contribution < -0.4 is 10.6 Å². The van der Waals surface area contributed by atoms with Crippen LogP contribution in [0, 0.1) is 0 Å². The van der Waals surface area contributed by atoms with Crippen LogP contribution in [0.1, 0.15) is 54.4 Å². The zero-order valence-electron chi connectivity index (χ0n) is 17.8. The largest absolute Gasteiger partial charge is 0.467 e. The van der Waals surface area contributed by atoms with Gasteiger partial charge in [0.05, 0.1) is 14.2 Å². The number of ether oxygens (including phenoxy) is 4. The van der Waals surface area contributed by atoms with Crippen molar-refractivity contribution in [1.29, 1.82) is 0 Å². The van der Waals surface area contributed by atoms with E-state index in [1.54, 1.807) is 41.5 Å². The Morgan fingerprint density at radius 1 is 0.679 bits per heavy atom. The second-order valence-electron chi connectivity index (χ2n) is 8.02. The van der Waals surface area contributed by atoms with Crippen molar-refractivity contribution in [2.24, 2.45) is 0 Å². The van der Waals surface area contributed by atoms with E-state index in [1.807, 2.05) is 0 Å². The van der Waals surface area contributed by atoms with Gasteiger partial charge in [0.25, 0.3) is 0 Å². The van der Waals surface area contributed by atoms with E-state index in [4.69, 9.17) is 9.47 Å². The van der Waals surface area contributed by atoms with E-state index in [0.717, 1.165) is 0 Å². The van der Waals surface area contributed by atoms with Crippen LogP contribution in [0.2, 0.25) is 0 Å². The Hall–Kier alpha value is -2.52. The van der Waals surface area contributed by atoms with Crippen LogP contribution in [-0.4, -0.2) is 61.6 Å². The zero-order valence-corrected chi connectivity index (χ0v) is 17.8. The minimum atomic E-state index is -1.08. The molecule has 2 atom stereocenters. The van der Waals surface area contributed by atoms with Gasteiger partial charge in [0.1, 0.15) is 23.3 Å². The number of carbonyl (C=O) groups is 4. The first-order chi connectivity index (χ1) is 12.7. The van der Waals surface area contributed by atoms with Gasteiger partial charge in [-0.1, -0.05) is 0 Å². The van der Waals surface area contributed by atoms with Gasteiger partial charge in [-0.25, -0.2) is 19.2 Å². The summed E-state index contributed by atoms with van der Waals surface area (Å²) in [5.74, 6) is -1.43. The van der Waals surface area contributed by atoms with Crippen LogP contribution >= 0.6 is 0 Å². The summed E-state index contributed by atoms with van der Waals surface area (Å²) in [5.41, 5.74) is -1.50. The van der Waals surface area contributed by atoms with Gasteiger partial charge in [0, 0.05) is 0 Å². The molecular weight excluding hydrogens is 372 g/mol. The third kappa shape index (κ3) is 11.2. The molecule has 0 unspecified atom stereocenters. The summed E-state index contributed by atoms with van der Waals surface area (Å²) >= 11 is 0. The SMILES string of the molecule is COC(=O)[C@H](CC[C@@H](NC(=O)OC(C)(C)C)C(=O)OC)NC(=O)OC(C)(C)C. The molecule has 0 spiro atoms. The van der Waals surface area contributed by atoms with Gasteiger partial charge < -0.3 is 29.6 Å². The van der Waals surface area contributed by atoms with Gasteiger partial charge in [-0.05, 0) is 54.4 Å². The molecule has 0 aliphatic carbocycles. The first-order valence-electron chi connectivity index (χ1n) is 8.83. The first kappa shape index (κ1) is 25.5. The monoisotopic (exact) mass is 404 g/mol. The van der Waals surface area contributed by atoms with Crippen LogP contribution in [0.4, 0.5) is 9.59 Å². The molecule has 0 aromatic rings. The van der Waals surface area contributed by atoms with Crippen molar-refractivity contribution >= 4 is 24.1 Å². The van der Waals surface area contributed by atoms with E-state index < -0.39 is 47.4 Å². The average molecular weight is 404 g/mol. The minimum Gasteiger partial charge on any atom is -0.467 e. The Labute approximate surface area is 165 Å². The lowest BCUT2D eigenvalue weighted by atomic mass is 10.1. The fraction of sp³-hybridized carbons (Fsp3) is 0.778. The van der Waals surface area contributed by atoms with E-state index in [-0.39, 0.29) is 12.8 Å². The summed E-state index contributed by atoms with van der Waals surface area (Å²) in [6.07, 6.45) is -1.64. The second kappa shape index (κ2) is 10.7. The fourth-order valence-corrected chi connectivity index (χ4v) is 2.02. The molecule has 0 heterocycles. The van der Waals surface area contributed by atoms with E-state index in [0.29, 0.717) is 0 Å². The summed E-state index contributed by atoms with van der Waals surface area (Å²) in [7, 11) is 2.34. The smallest absolute Gasteiger partial charge is 0.408 e. The maximum absolute atomic E-state index is 12.0. The number of rotatable bonds is 7. The number of alkyl carbamates (subject to hydrolysis) is 2. The van der Waals surface area contributed by atoms with E-state index in [2.05, 4.69) is 20.1 Å². The summed E-state index contributed by atoms with van der Waals surface area (Å²) in [4.78, 5) is 47.8. The van der Waals surface area contributed by atoms with Gasteiger partial charge >= 0.3 is 24.1 Å². The molecule has 28 heavy (non-hydrogen) atoms. The molecular formula is C18H32N2O8. The molecule has 2 N–H and O–H groups in total. The quantitative estimate of drug-likeness (QED) is 0.486. The van der Waals surface area contributed by atoms with Gasteiger partial charge in [-0.2, -0.15) is 0 Å². The van der Waals surface area contributed by atoms with Crippen LogP contribution in [0.3, 0.4) is 0 Å². The third-order valence-electron chi connectivity index (χ3n) is 3.10. The van der Waals surface area contributed by atoms with E-state index >= 15 is 0 Å². The Bertz CT molecular complexity index is 513. The highest BCUT2D eigenvalue weighted by atomic mass is 16.6. The lowest BCUT2D eigenvalue weighted by Crippen LogP contribution is -2.47. The topological polar surface area (TPSA) is 129 Å². The van der Waals surface area contributed by atoms with Crippen molar-refractivity contribution in [3.05, 3.63) is 0 Å². The van der Waals surface area contributed by atoms with Crippen molar-refractivity contribution in [1.82, 2.24) is 10.6 Å². The Balaban J connectivity index is 5.06. The summed E-state index contributed by atoms with van der Waals surface area (Å²) in [6, 6.07) is -2.15. The highest BCUT2D eigenvalue weighted by Crippen LogP contribution is 2.11. The molecule has 10 heteroatoms. The molecule has 0 saturated carbocycles. The molecule has 0 saturated heterocycles. The van der Waals surface area contributed by atoms with Gasteiger partial charge in [-0.3, -0.25) is 0 Å². The summed E-state index contributed by atoms with van der Waals surface area (Å²) in [6.45, 7) is 10.1. The predicted octanol–water partition coefficient (Wildman–Crippen LogP) is 1.90. The van der Waals surface area contributed by atoms with Gasteiger partial charge in [-0.15, -0.1) is 0 Å². The molecule has 0 radical (unpaired) electrons. The Kier molecular flexibility index (Phi) is 9.76. The van der Waals surface area contributed by atoms with Crippen LogP contribution in [-0.2, 0) is 28.5 Å². The van der Waals surface area contributed by atoms with Crippen LogP contribution in [0.25, 0.3) is 0 Å². The molecule has 0 aromatic heterocycles. The summed E-state index contributed by atoms with van der Waals surface area (Å²) < 4.78 is 19.6. The third-order valence-corrected chi connectivity index (χ3v) is 3.10. The molecule has 0 aromatic carbocycles. The number of esters is 2. The van der Waals surface area contributed by atoms with Crippen molar-refractivity contribution < 1.29 is 38.1 Å². The Morgan fingerprint density at radius 2 is 0.964 bits per heavy atom. The minimum absolute atomic E-state index is 0.0124. The lowest BCUT2D eigenvalue weighted by molar-refractivity contribution is -0.145. The predicted molar refractivity (Wildman–Crippen MR) is 99.6 cm³/mol. The highest BCUT2D eigenvalue weighted by Gasteiger charge is 2.30. The number of carbonyl (C=O) groups excluding carboxylic acids is 4. The number of hydrogen-bond donors (Lipinski definition) is 2. The maximum Gasteiger partial charge on any atom is 0.408 e. The normalized spacial score (nSPS) is 13.6. The second-order valence-corrected chi connectivity index (χ2v) is 8.02. The highest BCUT2D eigenvalue weighted by molar-refractivity contribution is 5.83. The number of hydrogen-bond acceptors (Lipinski definition) is 8. The standard InChI is InChI=1S/C18H32N2O8/c1-17(2,3)27-15(23)19-11(13(21)25-7)9-10-12(14(22)26-8)20-16(24)28-18(4,5)6/h11-12H,9-10H2,1-8H3,(H,19,23)(H,20,24)/t11-,12+. The molecule has 0 fully saturated rings. The van der Waals surface area contributed by atoms with Crippen molar-refractivity contribution in [3.63, 3.8) is 0 Å². The molecule has 162 valence electrons. The van der Waals surface area contributed by atoms with Gasteiger partial charge in [0.2, 0.25) is 0 Å². The molecule has 0 rings (SSSR count). The molecule has 0 bridgehead atoms. The molecule has 0 aliphatic rings. The molecule has 2 amide bonds. The van der Waals surface area contributed by atoms with Crippen molar-refractivity contribution in [2.45, 2.75) is 77.7 Å². The molecule has 0 aliphatic heterocycles. The van der Waals surface area contributed by atoms with Crippen molar-refractivity contribution in [2.75, 3.05) is 14.2 Å². The van der Waals surface area contributed by atoms with E-state index in [9.17, 15) is 19.2 Å². The molecule has 10 nitrogen and oxygen atoms in total. The summed E-state index contributed by atoms with van der Waals surface area (Å²) in [5, 5.41) is 4.79. The number of methoxy groups -OCH3 is 2. The Morgan fingerprint density at radius 3 is 1.18 bits per heavy atom. The maximum atomic E-state index is 12.0. The first-order valence-corrected chi connectivity index (χ1v) is 8.83. The fourth-order valence-electron chi connectivity index (χ4n) is 2.02. The van der Waals surface area contributed by atoms with Crippen LogP contribution in [0.15, 0.2) is 0 Å². The van der Waals surface area contributed by atoms with Gasteiger partial charge in [0.15, 0.2) is 0 Å². The van der Waals surface area contributed by atoms with Crippen LogP contribution in [0.5, 0.6) is 0 Å².